The number of aliphatic carboxylic acids is 1. The summed E-state index contributed by atoms with van der Waals surface area (Å²) in [7, 11) is 1.56. The zero-order chi connectivity index (χ0) is 13.8. The van der Waals surface area contributed by atoms with Crippen molar-refractivity contribution in [2.75, 3.05) is 19.0 Å². The van der Waals surface area contributed by atoms with Gasteiger partial charge in [-0.3, -0.25) is 0 Å². The molecule has 0 amide bonds. The first kappa shape index (κ1) is 14.0. The van der Waals surface area contributed by atoms with Crippen LogP contribution in [0, 0.1) is 0 Å². The molecule has 104 valence electrons. The normalized spacial score (nSPS) is 22.2. The maximum Gasteiger partial charge on any atom is 0.332 e. The first-order chi connectivity index (χ1) is 9.10. The average Bonchev–Trinajstić information content (AvgIpc) is 2.87. The van der Waals surface area contributed by atoms with Crippen LogP contribution in [0.2, 0.25) is 5.02 Å². The SMILES string of the molecule is COc1cc(NCC2CCC(C(=O)O)O2)ccc1Cl. The molecule has 2 atom stereocenters. The Labute approximate surface area is 116 Å². The Morgan fingerprint density at radius 3 is 3.00 bits per heavy atom. The molecule has 1 heterocycles. The van der Waals surface area contributed by atoms with Gasteiger partial charge in [-0.1, -0.05) is 11.6 Å². The maximum absolute atomic E-state index is 10.8. The van der Waals surface area contributed by atoms with Crippen molar-refractivity contribution in [1.29, 1.82) is 0 Å². The van der Waals surface area contributed by atoms with E-state index in [9.17, 15) is 4.79 Å². The van der Waals surface area contributed by atoms with E-state index in [2.05, 4.69) is 5.32 Å². The number of benzene rings is 1. The van der Waals surface area contributed by atoms with Crippen LogP contribution in [0.3, 0.4) is 0 Å². The van der Waals surface area contributed by atoms with Crippen LogP contribution < -0.4 is 10.1 Å². The van der Waals surface area contributed by atoms with Crippen LogP contribution in [0.5, 0.6) is 5.75 Å². The fourth-order valence-electron chi connectivity index (χ4n) is 2.04. The van der Waals surface area contributed by atoms with Gasteiger partial charge in [-0.05, 0) is 25.0 Å². The lowest BCUT2D eigenvalue weighted by molar-refractivity contribution is -0.149. The molecular formula is C13H16ClNO4. The highest BCUT2D eigenvalue weighted by Crippen LogP contribution is 2.28. The van der Waals surface area contributed by atoms with E-state index in [1.54, 1.807) is 19.2 Å². The Morgan fingerprint density at radius 2 is 2.37 bits per heavy atom. The van der Waals surface area contributed by atoms with Crippen molar-refractivity contribution in [2.24, 2.45) is 0 Å². The summed E-state index contributed by atoms with van der Waals surface area (Å²) < 4.78 is 10.5. The lowest BCUT2D eigenvalue weighted by atomic mass is 10.2. The molecule has 2 N–H and O–H groups in total. The van der Waals surface area contributed by atoms with Crippen LogP contribution in [-0.2, 0) is 9.53 Å². The second kappa shape index (κ2) is 6.12. The molecule has 0 aromatic heterocycles. The molecule has 0 saturated carbocycles. The molecule has 1 fully saturated rings. The second-order valence-corrected chi connectivity index (χ2v) is 4.80. The molecule has 1 saturated heterocycles. The minimum atomic E-state index is -0.893. The molecule has 1 aromatic carbocycles. The highest BCUT2D eigenvalue weighted by molar-refractivity contribution is 6.32. The number of hydrogen-bond donors (Lipinski definition) is 2. The van der Waals surface area contributed by atoms with E-state index in [1.165, 1.54) is 0 Å². The monoisotopic (exact) mass is 285 g/mol. The molecule has 5 nitrogen and oxygen atoms in total. The van der Waals surface area contributed by atoms with Crippen LogP contribution in [0.25, 0.3) is 0 Å². The lowest BCUT2D eigenvalue weighted by Crippen LogP contribution is -2.24. The van der Waals surface area contributed by atoms with E-state index in [0.717, 1.165) is 12.1 Å². The molecule has 2 rings (SSSR count). The molecule has 1 aliphatic heterocycles. The van der Waals surface area contributed by atoms with E-state index in [0.29, 0.717) is 23.7 Å². The molecule has 0 aliphatic carbocycles. The molecule has 2 unspecified atom stereocenters. The van der Waals surface area contributed by atoms with Gasteiger partial charge in [-0.2, -0.15) is 0 Å². The zero-order valence-corrected chi connectivity index (χ0v) is 11.3. The molecule has 19 heavy (non-hydrogen) atoms. The van der Waals surface area contributed by atoms with Crippen molar-refractivity contribution < 1.29 is 19.4 Å². The number of carboxylic acid groups (broad SMARTS) is 1. The van der Waals surface area contributed by atoms with Crippen molar-refractivity contribution >= 4 is 23.3 Å². The molecular weight excluding hydrogens is 270 g/mol. The number of methoxy groups -OCH3 is 1. The first-order valence-electron chi connectivity index (χ1n) is 6.06. The Balaban J connectivity index is 1.88. The third kappa shape index (κ3) is 3.52. The van der Waals surface area contributed by atoms with Crippen molar-refractivity contribution in [3.8, 4) is 5.75 Å². The van der Waals surface area contributed by atoms with Gasteiger partial charge in [0.05, 0.1) is 18.2 Å². The van der Waals surface area contributed by atoms with Gasteiger partial charge in [0.25, 0.3) is 0 Å². The Hall–Kier alpha value is -1.46. The Morgan fingerprint density at radius 1 is 1.58 bits per heavy atom. The number of nitrogens with one attached hydrogen (secondary N) is 1. The number of ether oxygens (including phenoxy) is 2. The summed E-state index contributed by atoms with van der Waals surface area (Å²) in [6.45, 7) is 0.564. The van der Waals surface area contributed by atoms with Crippen LogP contribution in [0.15, 0.2) is 18.2 Å². The minimum Gasteiger partial charge on any atom is -0.495 e. The molecule has 1 aromatic rings. The summed E-state index contributed by atoms with van der Waals surface area (Å²) in [5.74, 6) is -0.293. The standard InChI is InChI=1S/C13H16ClNO4/c1-18-12-6-8(2-4-10(12)14)15-7-9-3-5-11(19-9)13(16)17/h2,4,6,9,11,15H,3,5,7H2,1H3,(H,16,17). The number of carboxylic acids is 1. The topological polar surface area (TPSA) is 67.8 Å². The second-order valence-electron chi connectivity index (χ2n) is 4.39. The first-order valence-corrected chi connectivity index (χ1v) is 6.43. The molecule has 0 radical (unpaired) electrons. The number of rotatable bonds is 5. The molecule has 0 spiro atoms. The predicted octanol–water partition coefficient (Wildman–Crippen LogP) is 2.39. The van der Waals surface area contributed by atoms with Gasteiger partial charge in [-0.25, -0.2) is 4.79 Å². The van der Waals surface area contributed by atoms with Gasteiger partial charge < -0.3 is 19.9 Å². The Kier molecular flexibility index (Phi) is 4.50. The van der Waals surface area contributed by atoms with E-state index < -0.39 is 12.1 Å². The number of hydrogen-bond acceptors (Lipinski definition) is 4. The highest BCUT2D eigenvalue weighted by Gasteiger charge is 2.30. The van der Waals surface area contributed by atoms with Gasteiger partial charge in [0.1, 0.15) is 5.75 Å². The van der Waals surface area contributed by atoms with Crippen molar-refractivity contribution in [1.82, 2.24) is 0 Å². The smallest absolute Gasteiger partial charge is 0.332 e. The third-order valence-electron chi connectivity index (χ3n) is 3.07. The van der Waals surface area contributed by atoms with Crippen molar-refractivity contribution in [2.45, 2.75) is 25.0 Å². The molecule has 6 heteroatoms. The number of anilines is 1. The maximum atomic E-state index is 10.8. The van der Waals surface area contributed by atoms with E-state index >= 15 is 0 Å². The van der Waals surface area contributed by atoms with Gasteiger partial charge in [-0.15, -0.1) is 0 Å². The van der Waals surface area contributed by atoms with Gasteiger partial charge in [0.15, 0.2) is 6.10 Å². The molecule has 1 aliphatic rings. The quantitative estimate of drug-likeness (QED) is 0.869. The minimum absolute atomic E-state index is 0.0808. The van der Waals surface area contributed by atoms with Crippen LogP contribution in [-0.4, -0.2) is 36.9 Å². The van der Waals surface area contributed by atoms with Gasteiger partial charge in [0, 0.05) is 18.3 Å². The summed E-state index contributed by atoms with van der Waals surface area (Å²) >= 11 is 5.93. The number of carbonyl (C=O) groups is 1. The van der Waals surface area contributed by atoms with Crippen molar-refractivity contribution in [3.63, 3.8) is 0 Å². The molecule has 0 bridgehead atoms. The van der Waals surface area contributed by atoms with E-state index in [-0.39, 0.29) is 6.10 Å². The zero-order valence-electron chi connectivity index (χ0n) is 10.6. The lowest BCUT2D eigenvalue weighted by Gasteiger charge is -2.14. The van der Waals surface area contributed by atoms with Gasteiger partial charge >= 0.3 is 5.97 Å². The van der Waals surface area contributed by atoms with Crippen LogP contribution in [0.4, 0.5) is 5.69 Å². The summed E-state index contributed by atoms with van der Waals surface area (Å²) in [6, 6.07) is 5.39. The average molecular weight is 286 g/mol. The largest absolute Gasteiger partial charge is 0.495 e. The van der Waals surface area contributed by atoms with E-state index in [4.69, 9.17) is 26.2 Å². The van der Waals surface area contributed by atoms with Gasteiger partial charge in [0.2, 0.25) is 0 Å². The van der Waals surface area contributed by atoms with Crippen LogP contribution in [0.1, 0.15) is 12.8 Å². The fourth-order valence-corrected chi connectivity index (χ4v) is 2.23. The number of halogens is 1. The summed E-state index contributed by atoms with van der Waals surface area (Å²) in [4.78, 5) is 10.8. The van der Waals surface area contributed by atoms with E-state index in [1.807, 2.05) is 6.07 Å². The summed E-state index contributed by atoms with van der Waals surface area (Å²) in [5.41, 5.74) is 0.864. The highest BCUT2D eigenvalue weighted by atomic mass is 35.5. The predicted molar refractivity (Wildman–Crippen MR) is 72.0 cm³/mol. The Bertz CT molecular complexity index is 466. The third-order valence-corrected chi connectivity index (χ3v) is 3.38. The van der Waals surface area contributed by atoms with Crippen LogP contribution >= 0.6 is 11.6 Å². The summed E-state index contributed by atoms with van der Waals surface area (Å²) in [6.07, 6.45) is 0.551. The summed E-state index contributed by atoms with van der Waals surface area (Å²) in [5, 5.41) is 12.6. The fraction of sp³-hybridized carbons (Fsp3) is 0.462. The van der Waals surface area contributed by atoms with Crippen molar-refractivity contribution in [3.05, 3.63) is 23.2 Å².